The molecule has 2 aromatic heterocycles. The minimum Gasteiger partial charge on any atom is -0.477 e. The van der Waals surface area contributed by atoms with Crippen LogP contribution in [0.2, 0.25) is 0 Å². The summed E-state index contributed by atoms with van der Waals surface area (Å²) >= 11 is 1.06. The maximum Gasteiger partial charge on any atom is 0.347 e. The Balaban J connectivity index is 2.03. The van der Waals surface area contributed by atoms with Crippen LogP contribution in [0, 0.1) is 6.92 Å². The molecule has 0 aromatic carbocycles. The zero-order chi connectivity index (χ0) is 14.0. The van der Waals surface area contributed by atoms with Crippen LogP contribution in [0.15, 0.2) is 12.3 Å². The second-order valence-corrected chi connectivity index (χ2v) is 4.93. The van der Waals surface area contributed by atoms with Gasteiger partial charge in [0.15, 0.2) is 0 Å². The summed E-state index contributed by atoms with van der Waals surface area (Å²) in [5.41, 5.74) is 0.897. The second-order valence-electron chi connectivity index (χ2n) is 3.85. The van der Waals surface area contributed by atoms with Crippen LogP contribution in [0.25, 0.3) is 0 Å². The molecule has 0 aliphatic heterocycles. The lowest BCUT2D eigenvalue weighted by molar-refractivity contribution is 0.0701. The molecule has 0 saturated heterocycles. The Morgan fingerprint density at radius 2 is 2.26 bits per heavy atom. The van der Waals surface area contributed by atoms with E-state index in [1.165, 1.54) is 10.9 Å². The highest BCUT2D eigenvalue weighted by Gasteiger charge is 2.15. The summed E-state index contributed by atoms with van der Waals surface area (Å²) in [4.78, 5) is 27.0. The number of carboxylic acid groups (broad SMARTS) is 1. The van der Waals surface area contributed by atoms with Crippen molar-refractivity contribution in [3.8, 4) is 0 Å². The number of hydrogen-bond donors (Lipinski definition) is 2. The van der Waals surface area contributed by atoms with Gasteiger partial charge in [-0.05, 0) is 13.0 Å². The van der Waals surface area contributed by atoms with Gasteiger partial charge in [-0.3, -0.25) is 9.48 Å². The number of carboxylic acids is 1. The van der Waals surface area contributed by atoms with Crippen molar-refractivity contribution >= 4 is 23.2 Å². The van der Waals surface area contributed by atoms with E-state index in [1.54, 1.807) is 20.0 Å². The molecule has 8 heteroatoms. The van der Waals surface area contributed by atoms with Gasteiger partial charge in [0, 0.05) is 13.2 Å². The van der Waals surface area contributed by atoms with E-state index < -0.39 is 5.97 Å². The van der Waals surface area contributed by atoms with E-state index in [1.807, 2.05) is 0 Å². The van der Waals surface area contributed by atoms with E-state index >= 15 is 0 Å². The SMILES string of the molecule is Cc1nc(CNC(=O)c2ccnn2C)sc1C(=O)O. The zero-order valence-corrected chi connectivity index (χ0v) is 11.2. The lowest BCUT2D eigenvalue weighted by Crippen LogP contribution is -2.25. The molecule has 2 heterocycles. The van der Waals surface area contributed by atoms with Gasteiger partial charge in [0.05, 0.1) is 12.2 Å². The number of carbonyl (C=O) groups excluding carboxylic acids is 1. The lowest BCUT2D eigenvalue weighted by atomic mass is 10.4. The predicted molar refractivity (Wildman–Crippen MR) is 68.2 cm³/mol. The van der Waals surface area contributed by atoms with Crippen LogP contribution < -0.4 is 5.32 Å². The fourth-order valence-electron chi connectivity index (χ4n) is 1.57. The van der Waals surface area contributed by atoms with Crippen LogP contribution in [-0.4, -0.2) is 31.7 Å². The van der Waals surface area contributed by atoms with Crippen molar-refractivity contribution in [3.05, 3.63) is 33.5 Å². The molecule has 0 saturated carbocycles. The average Bonchev–Trinajstić information content (AvgIpc) is 2.92. The van der Waals surface area contributed by atoms with Crippen LogP contribution >= 0.6 is 11.3 Å². The molecule has 2 rings (SSSR count). The molecule has 0 aliphatic rings. The fourth-order valence-corrected chi connectivity index (χ4v) is 2.41. The topological polar surface area (TPSA) is 97.1 Å². The largest absolute Gasteiger partial charge is 0.477 e. The number of thiazole rings is 1. The highest BCUT2D eigenvalue weighted by molar-refractivity contribution is 7.13. The molecule has 0 unspecified atom stereocenters. The van der Waals surface area contributed by atoms with Crippen molar-refractivity contribution in [1.29, 1.82) is 0 Å². The van der Waals surface area contributed by atoms with E-state index in [4.69, 9.17) is 5.11 Å². The third-order valence-corrected chi connectivity index (χ3v) is 3.63. The van der Waals surface area contributed by atoms with Crippen molar-refractivity contribution in [2.75, 3.05) is 0 Å². The van der Waals surface area contributed by atoms with Crippen LogP contribution in [0.5, 0.6) is 0 Å². The van der Waals surface area contributed by atoms with Gasteiger partial charge in [-0.1, -0.05) is 0 Å². The van der Waals surface area contributed by atoms with Crippen molar-refractivity contribution in [1.82, 2.24) is 20.1 Å². The molecule has 19 heavy (non-hydrogen) atoms. The van der Waals surface area contributed by atoms with Gasteiger partial charge in [-0.25, -0.2) is 9.78 Å². The minimum atomic E-state index is -1.00. The highest BCUT2D eigenvalue weighted by Crippen LogP contribution is 2.17. The first-order valence-corrected chi connectivity index (χ1v) is 6.26. The van der Waals surface area contributed by atoms with Crippen LogP contribution in [0.4, 0.5) is 0 Å². The molecule has 0 bridgehead atoms. The number of nitrogens with one attached hydrogen (secondary N) is 1. The molecular weight excluding hydrogens is 268 g/mol. The van der Waals surface area contributed by atoms with E-state index in [-0.39, 0.29) is 17.3 Å². The molecule has 0 radical (unpaired) electrons. The number of aromatic carboxylic acids is 1. The van der Waals surface area contributed by atoms with Crippen LogP contribution in [0.3, 0.4) is 0 Å². The summed E-state index contributed by atoms with van der Waals surface area (Å²) in [6.07, 6.45) is 1.53. The highest BCUT2D eigenvalue weighted by atomic mass is 32.1. The number of nitrogens with zero attached hydrogens (tertiary/aromatic N) is 3. The third-order valence-electron chi connectivity index (χ3n) is 2.49. The predicted octanol–water partition coefficient (Wildman–Crippen LogP) is 0.813. The van der Waals surface area contributed by atoms with Crippen molar-refractivity contribution in [2.45, 2.75) is 13.5 Å². The van der Waals surface area contributed by atoms with E-state index in [0.717, 1.165) is 11.3 Å². The van der Waals surface area contributed by atoms with Crippen molar-refractivity contribution < 1.29 is 14.7 Å². The van der Waals surface area contributed by atoms with Crippen molar-refractivity contribution in [2.24, 2.45) is 7.05 Å². The number of aromatic nitrogens is 3. The Morgan fingerprint density at radius 1 is 1.53 bits per heavy atom. The summed E-state index contributed by atoms with van der Waals surface area (Å²) in [5.74, 6) is -1.27. The standard InChI is InChI=1S/C11H12N4O3S/c1-6-9(11(17)18)19-8(14-6)5-12-10(16)7-3-4-13-15(7)2/h3-4H,5H2,1-2H3,(H,12,16)(H,17,18). The third kappa shape index (κ3) is 2.79. The van der Waals surface area contributed by atoms with E-state index in [9.17, 15) is 9.59 Å². The molecule has 2 N–H and O–H groups in total. The second kappa shape index (κ2) is 5.19. The van der Waals surface area contributed by atoms with Gasteiger partial charge in [0.2, 0.25) is 0 Å². The monoisotopic (exact) mass is 280 g/mol. The first kappa shape index (κ1) is 13.2. The normalized spacial score (nSPS) is 10.4. The number of rotatable bonds is 4. The number of carbonyl (C=O) groups is 2. The average molecular weight is 280 g/mol. The Hall–Kier alpha value is -2.22. The van der Waals surface area contributed by atoms with Crippen molar-refractivity contribution in [3.63, 3.8) is 0 Å². The molecule has 100 valence electrons. The summed E-state index contributed by atoms with van der Waals surface area (Å²) in [7, 11) is 1.67. The number of amides is 1. The summed E-state index contributed by atoms with van der Waals surface area (Å²) < 4.78 is 1.46. The maximum absolute atomic E-state index is 11.8. The molecule has 0 spiro atoms. The Labute approximate surface area is 112 Å². The van der Waals surface area contributed by atoms with Gasteiger partial charge < -0.3 is 10.4 Å². The fraction of sp³-hybridized carbons (Fsp3) is 0.273. The smallest absolute Gasteiger partial charge is 0.347 e. The Morgan fingerprint density at radius 3 is 2.79 bits per heavy atom. The van der Waals surface area contributed by atoms with Gasteiger partial charge in [0.1, 0.15) is 15.6 Å². The summed E-state index contributed by atoms with van der Waals surface area (Å²) in [5, 5.41) is 16.1. The first-order chi connectivity index (χ1) is 8.99. The molecule has 0 atom stereocenters. The molecule has 1 amide bonds. The maximum atomic E-state index is 11.8. The molecule has 7 nitrogen and oxygen atoms in total. The van der Waals surface area contributed by atoms with Gasteiger partial charge in [-0.2, -0.15) is 5.10 Å². The Bertz CT molecular complexity index is 632. The van der Waals surface area contributed by atoms with Crippen LogP contribution in [0.1, 0.15) is 30.9 Å². The van der Waals surface area contributed by atoms with Gasteiger partial charge in [-0.15, -0.1) is 11.3 Å². The molecule has 2 aromatic rings. The summed E-state index contributed by atoms with van der Waals surface area (Å²) in [6.45, 7) is 1.83. The van der Waals surface area contributed by atoms with Gasteiger partial charge in [0.25, 0.3) is 5.91 Å². The molecule has 0 fully saturated rings. The van der Waals surface area contributed by atoms with Crippen LogP contribution in [-0.2, 0) is 13.6 Å². The van der Waals surface area contributed by atoms with E-state index in [2.05, 4.69) is 15.4 Å². The minimum absolute atomic E-state index is 0.197. The number of hydrogen-bond acceptors (Lipinski definition) is 5. The Kier molecular flexibility index (Phi) is 3.61. The quantitative estimate of drug-likeness (QED) is 0.864. The van der Waals surface area contributed by atoms with E-state index in [0.29, 0.717) is 16.4 Å². The molecule has 0 aliphatic carbocycles. The van der Waals surface area contributed by atoms with Gasteiger partial charge >= 0.3 is 5.97 Å². The first-order valence-electron chi connectivity index (χ1n) is 5.45. The summed E-state index contributed by atoms with van der Waals surface area (Å²) in [6, 6.07) is 1.60. The number of aryl methyl sites for hydroxylation is 2. The zero-order valence-electron chi connectivity index (χ0n) is 10.4. The lowest BCUT2D eigenvalue weighted by Gasteiger charge is -2.02. The molecular formula is C11H12N4O3S.